The lowest BCUT2D eigenvalue weighted by atomic mass is 10.0. The van der Waals surface area contributed by atoms with E-state index in [2.05, 4.69) is 16.9 Å². The first-order chi connectivity index (χ1) is 7.83. The van der Waals surface area contributed by atoms with E-state index < -0.39 is 0 Å². The Morgan fingerprint density at radius 1 is 1.38 bits per heavy atom. The van der Waals surface area contributed by atoms with Gasteiger partial charge in [-0.05, 0) is 18.4 Å². The van der Waals surface area contributed by atoms with E-state index in [1.807, 2.05) is 6.20 Å². The van der Waals surface area contributed by atoms with Crippen LogP contribution in [-0.4, -0.2) is 17.0 Å². The molecule has 2 heterocycles. The molecule has 1 aliphatic rings. The van der Waals surface area contributed by atoms with E-state index in [1.165, 1.54) is 31.2 Å². The van der Waals surface area contributed by atoms with Gasteiger partial charge in [-0.2, -0.15) is 0 Å². The van der Waals surface area contributed by atoms with E-state index in [4.69, 9.17) is 0 Å². The summed E-state index contributed by atoms with van der Waals surface area (Å²) in [5.41, 5.74) is 2.77. The molecule has 0 fully saturated rings. The molecular formula is C13H18N2O. The Kier molecular flexibility index (Phi) is 3.54. The van der Waals surface area contributed by atoms with Gasteiger partial charge in [-0.15, -0.1) is 0 Å². The summed E-state index contributed by atoms with van der Waals surface area (Å²) < 4.78 is 0. The zero-order valence-electron chi connectivity index (χ0n) is 9.75. The number of aryl methyl sites for hydroxylation is 1. The molecule has 0 amide bonds. The van der Waals surface area contributed by atoms with Crippen LogP contribution in [-0.2, 0) is 6.42 Å². The number of H-pyrrole nitrogens is 1. The highest BCUT2D eigenvalue weighted by Crippen LogP contribution is 2.29. The van der Waals surface area contributed by atoms with Crippen LogP contribution in [0.3, 0.4) is 0 Å². The van der Waals surface area contributed by atoms with Gasteiger partial charge in [-0.3, -0.25) is 9.79 Å². The van der Waals surface area contributed by atoms with Gasteiger partial charge >= 0.3 is 0 Å². The molecule has 1 N–H and O–H groups in total. The number of carbonyl (C=O) groups is 1. The van der Waals surface area contributed by atoms with Gasteiger partial charge < -0.3 is 4.98 Å². The quantitative estimate of drug-likeness (QED) is 0.756. The maximum absolute atomic E-state index is 11.6. The minimum Gasteiger partial charge on any atom is -0.357 e. The molecule has 0 atom stereocenters. The minimum absolute atomic E-state index is 0.157. The highest BCUT2D eigenvalue weighted by atomic mass is 16.1. The average molecular weight is 218 g/mol. The molecule has 1 aromatic heterocycles. The molecule has 1 aromatic rings. The molecule has 0 unspecified atom stereocenters. The number of aromatic nitrogens is 1. The first kappa shape index (κ1) is 11.1. The number of unbranched alkanes of at least 4 members (excludes halogenated alkanes) is 3. The summed E-state index contributed by atoms with van der Waals surface area (Å²) in [6.07, 6.45) is 10.1. The third-order valence-corrected chi connectivity index (χ3v) is 3.01. The molecule has 1 aliphatic heterocycles. The molecule has 0 saturated heterocycles. The number of aliphatic imine (C=N–C) groups is 1. The molecule has 3 nitrogen and oxygen atoms in total. The van der Waals surface area contributed by atoms with Crippen LogP contribution in [0.25, 0.3) is 0 Å². The number of fused-ring (bicyclic) bond motifs is 1. The van der Waals surface area contributed by atoms with E-state index >= 15 is 0 Å². The van der Waals surface area contributed by atoms with Crippen molar-refractivity contribution in [1.29, 1.82) is 0 Å². The Labute approximate surface area is 96.0 Å². The van der Waals surface area contributed by atoms with Gasteiger partial charge in [0.2, 0.25) is 0 Å². The molecule has 3 heteroatoms. The lowest BCUT2D eigenvalue weighted by Crippen LogP contribution is -2.04. The van der Waals surface area contributed by atoms with Crippen molar-refractivity contribution < 1.29 is 4.79 Å². The van der Waals surface area contributed by atoms with Crippen molar-refractivity contribution in [3.8, 4) is 0 Å². The number of hydrogen-bond acceptors (Lipinski definition) is 2. The zero-order valence-corrected chi connectivity index (χ0v) is 9.75. The van der Waals surface area contributed by atoms with Crippen LogP contribution in [0.5, 0.6) is 0 Å². The summed E-state index contributed by atoms with van der Waals surface area (Å²) in [6, 6.07) is 0. The smallest absolute Gasteiger partial charge is 0.186 e. The van der Waals surface area contributed by atoms with Gasteiger partial charge in [0.15, 0.2) is 5.78 Å². The van der Waals surface area contributed by atoms with Crippen molar-refractivity contribution in [2.75, 3.05) is 0 Å². The molecule has 2 rings (SSSR count). The largest absolute Gasteiger partial charge is 0.357 e. The maximum atomic E-state index is 11.6. The third kappa shape index (κ3) is 2.23. The van der Waals surface area contributed by atoms with Crippen LogP contribution in [0.15, 0.2) is 11.2 Å². The van der Waals surface area contributed by atoms with Crippen molar-refractivity contribution in [2.45, 2.75) is 45.4 Å². The van der Waals surface area contributed by atoms with E-state index in [0.29, 0.717) is 12.1 Å². The van der Waals surface area contributed by atoms with Gasteiger partial charge in [0.05, 0.1) is 5.69 Å². The number of aromatic amines is 1. The Morgan fingerprint density at radius 2 is 2.25 bits per heavy atom. The Balaban J connectivity index is 2.01. The SMILES string of the molecule is CCCCCCc1c[nH]c2c1N=CCC2=O. The molecule has 0 radical (unpaired) electrons. The number of nitrogens with zero attached hydrogens (tertiary/aromatic N) is 1. The van der Waals surface area contributed by atoms with Gasteiger partial charge in [-0.1, -0.05) is 26.2 Å². The van der Waals surface area contributed by atoms with E-state index in [1.54, 1.807) is 6.21 Å². The van der Waals surface area contributed by atoms with Gasteiger partial charge in [0, 0.05) is 18.8 Å². The minimum atomic E-state index is 0.157. The summed E-state index contributed by atoms with van der Waals surface area (Å²) in [5, 5.41) is 0. The molecule has 0 saturated carbocycles. The second-order valence-corrected chi connectivity index (χ2v) is 4.29. The van der Waals surface area contributed by atoms with E-state index in [9.17, 15) is 4.79 Å². The van der Waals surface area contributed by atoms with Crippen molar-refractivity contribution in [1.82, 2.24) is 4.98 Å². The number of ketones is 1. The number of Topliss-reactive ketones (excluding diaryl/α,β-unsaturated/α-hetero) is 1. The van der Waals surface area contributed by atoms with E-state index in [0.717, 1.165) is 12.1 Å². The fraction of sp³-hybridized carbons (Fsp3) is 0.538. The molecule has 16 heavy (non-hydrogen) atoms. The Morgan fingerprint density at radius 3 is 3.06 bits per heavy atom. The molecule has 0 bridgehead atoms. The molecular weight excluding hydrogens is 200 g/mol. The summed E-state index contributed by atoms with van der Waals surface area (Å²) in [5.74, 6) is 0.157. The van der Waals surface area contributed by atoms with Crippen LogP contribution >= 0.6 is 0 Å². The number of rotatable bonds is 5. The van der Waals surface area contributed by atoms with Crippen molar-refractivity contribution in [3.63, 3.8) is 0 Å². The lowest BCUT2D eigenvalue weighted by molar-refractivity contribution is 0.0997. The summed E-state index contributed by atoms with van der Waals surface area (Å²) in [6.45, 7) is 2.21. The summed E-state index contributed by atoms with van der Waals surface area (Å²) in [4.78, 5) is 18.9. The van der Waals surface area contributed by atoms with Crippen LogP contribution in [0.2, 0.25) is 0 Å². The molecule has 0 aromatic carbocycles. The third-order valence-electron chi connectivity index (χ3n) is 3.01. The number of carbonyl (C=O) groups excluding carboxylic acids is 1. The first-order valence-electron chi connectivity index (χ1n) is 6.09. The fourth-order valence-corrected chi connectivity index (χ4v) is 2.07. The van der Waals surface area contributed by atoms with Gasteiger partial charge in [0.1, 0.15) is 5.69 Å². The van der Waals surface area contributed by atoms with Crippen molar-refractivity contribution >= 4 is 17.7 Å². The van der Waals surface area contributed by atoms with Crippen LogP contribution in [0.4, 0.5) is 5.69 Å². The normalized spacial score (nSPS) is 14.2. The highest BCUT2D eigenvalue weighted by molar-refractivity contribution is 6.09. The first-order valence-corrected chi connectivity index (χ1v) is 6.09. The monoisotopic (exact) mass is 218 g/mol. The second-order valence-electron chi connectivity index (χ2n) is 4.29. The summed E-state index contributed by atoms with van der Waals surface area (Å²) in [7, 11) is 0. The predicted molar refractivity (Wildman–Crippen MR) is 65.7 cm³/mol. The maximum Gasteiger partial charge on any atom is 0.186 e. The zero-order chi connectivity index (χ0) is 11.4. The molecule has 0 aliphatic carbocycles. The predicted octanol–water partition coefficient (Wildman–Crippen LogP) is 3.43. The summed E-state index contributed by atoms with van der Waals surface area (Å²) >= 11 is 0. The number of hydrogen-bond donors (Lipinski definition) is 1. The van der Waals surface area contributed by atoms with Crippen LogP contribution < -0.4 is 0 Å². The van der Waals surface area contributed by atoms with Gasteiger partial charge in [0.25, 0.3) is 0 Å². The molecule has 86 valence electrons. The fourth-order valence-electron chi connectivity index (χ4n) is 2.07. The topological polar surface area (TPSA) is 45.2 Å². The second kappa shape index (κ2) is 5.10. The highest BCUT2D eigenvalue weighted by Gasteiger charge is 2.18. The van der Waals surface area contributed by atoms with E-state index in [-0.39, 0.29) is 5.78 Å². The average Bonchev–Trinajstić information content (AvgIpc) is 2.70. The Hall–Kier alpha value is -1.38. The molecule has 0 spiro atoms. The van der Waals surface area contributed by atoms with Crippen molar-refractivity contribution in [2.24, 2.45) is 4.99 Å². The Bertz CT molecular complexity index is 404. The number of nitrogens with one attached hydrogen (secondary N) is 1. The van der Waals surface area contributed by atoms with Crippen molar-refractivity contribution in [3.05, 3.63) is 17.5 Å². The lowest BCUT2D eigenvalue weighted by Gasteiger charge is -2.05. The standard InChI is InChI=1S/C13H18N2O/c1-2-3-4-5-6-10-9-15-13-11(16)7-8-14-12(10)13/h8-9,15H,2-7H2,1H3. The van der Waals surface area contributed by atoms with Crippen LogP contribution in [0.1, 0.15) is 55.1 Å². The van der Waals surface area contributed by atoms with Gasteiger partial charge in [-0.25, -0.2) is 0 Å². The van der Waals surface area contributed by atoms with Crippen LogP contribution in [0, 0.1) is 0 Å².